The number of nitrogens with zero attached hydrogens (tertiary/aromatic N) is 2. The van der Waals surface area contributed by atoms with Gasteiger partial charge in [0.25, 0.3) is 0 Å². The lowest BCUT2D eigenvalue weighted by atomic mass is 9.67. The molecule has 1 spiro atoms. The van der Waals surface area contributed by atoms with Gasteiger partial charge in [-0.15, -0.1) is 0 Å². The van der Waals surface area contributed by atoms with Crippen LogP contribution in [0.1, 0.15) is 27.8 Å². The summed E-state index contributed by atoms with van der Waals surface area (Å²) in [6, 6.07) is 65.3. The van der Waals surface area contributed by atoms with Crippen molar-refractivity contribution in [1.82, 2.24) is 4.98 Å². The normalized spacial score (nSPS) is 12.8. The summed E-state index contributed by atoms with van der Waals surface area (Å²) < 4.78 is 0. The number of aromatic nitrogens is 1. The van der Waals surface area contributed by atoms with E-state index in [1.165, 1.54) is 61.2 Å². The van der Waals surface area contributed by atoms with Crippen molar-refractivity contribution < 1.29 is 0 Å². The zero-order valence-corrected chi connectivity index (χ0v) is 27.7. The lowest BCUT2D eigenvalue weighted by Crippen LogP contribution is -2.27. The van der Waals surface area contributed by atoms with E-state index in [1.54, 1.807) is 0 Å². The SMILES string of the molecule is N#Cc1ccc(-c2cccc3c2C2(c4ccccc4-c4ccccc42)c2c(-c4ccc(-c5ccc(-c6ccccc6)nc5)cc4)cccc2-3)cc1. The molecule has 8 aromatic rings. The van der Waals surface area contributed by atoms with Crippen LogP contribution in [0, 0.1) is 11.3 Å². The van der Waals surface area contributed by atoms with Crippen molar-refractivity contribution in [3.8, 4) is 73.0 Å². The Bertz CT molecular complexity index is 2620. The predicted octanol–water partition coefficient (Wildman–Crippen LogP) is 12.0. The lowest BCUT2D eigenvalue weighted by molar-refractivity contribution is 0.797. The van der Waals surface area contributed by atoms with Crippen LogP contribution in [0.4, 0.5) is 0 Å². The van der Waals surface area contributed by atoms with Crippen LogP contribution < -0.4 is 0 Å². The van der Waals surface area contributed by atoms with Crippen molar-refractivity contribution in [2.24, 2.45) is 0 Å². The molecule has 0 fully saturated rings. The minimum Gasteiger partial charge on any atom is -0.256 e. The first-order valence-corrected chi connectivity index (χ1v) is 17.4. The van der Waals surface area contributed by atoms with Crippen LogP contribution in [0.15, 0.2) is 182 Å². The standard InChI is InChI=1S/C49H30N2/c50-30-32-20-22-34(23-21-32)38-14-8-16-42-43-17-9-15-39(35-26-24-33(25-27-35)37-28-29-46(51-31-37)36-10-2-1-3-11-36)48(43)49(47(38)42)44-18-6-4-12-40(44)41-13-5-7-19-45(41)49/h1-29,31H. The number of hydrogen-bond donors (Lipinski definition) is 0. The number of hydrogen-bond acceptors (Lipinski definition) is 2. The average Bonchev–Trinajstić information content (AvgIpc) is 3.69. The summed E-state index contributed by atoms with van der Waals surface area (Å²) in [5.41, 5.74) is 19.4. The Hall–Kier alpha value is -6.82. The van der Waals surface area contributed by atoms with E-state index in [4.69, 9.17) is 4.98 Å². The molecular weight excluding hydrogens is 617 g/mol. The molecule has 1 heterocycles. The summed E-state index contributed by atoms with van der Waals surface area (Å²) in [4.78, 5) is 4.79. The van der Waals surface area contributed by atoms with E-state index < -0.39 is 5.41 Å². The Morgan fingerprint density at radius 1 is 0.373 bits per heavy atom. The fourth-order valence-corrected chi connectivity index (χ4v) is 8.65. The summed E-state index contributed by atoms with van der Waals surface area (Å²) in [6.07, 6.45) is 1.97. The van der Waals surface area contributed by atoms with E-state index in [1.807, 2.05) is 36.5 Å². The van der Waals surface area contributed by atoms with E-state index in [0.717, 1.165) is 27.9 Å². The van der Waals surface area contributed by atoms with Crippen LogP contribution in [0.2, 0.25) is 0 Å². The summed E-state index contributed by atoms with van der Waals surface area (Å²) in [7, 11) is 0. The van der Waals surface area contributed by atoms with E-state index in [9.17, 15) is 5.26 Å². The first-order valence-electron chi connectivity index (χ1n) is 17.4. The molecular formula is C49H30N2. The largest absolute Gasteiger partial charge is 0.256 e. The predicted molar refractivity (Wildman–Crippen MR) is 207 cm³/mol. The lowest BCUT2D eigenvalue weighted by Gasteiger charge is -2.33. The van der Waals surface area contributed by atoms with Gasteiger partial charge in [-0.1, -0.05) is 158 Å². The smallest absolute Gasteiger partial charge is 0.0991 e. The Labute approximate surface area is 297 Å². The molecule has 10 rings (SSSR count). The molecule has 2 heteroatoms. The number of pyridine rings is 1. The van der Waals surface area contributed by atoms with Gasteiger partial charge in [-0.05, 0) is 90.5 Å². The summed E-state index contributed by atoms with van der Waals surface area (Å²) in [5.74, 6) is 0. The van der Waals surface area contributed by atoms with Gasteiger partial charge in [-0.3, -0.25) is 4.98 Å². The Balaban J connectivity index is 1.18. The van der Waals surface area contributed by atoms with Crippen molar-refractivity contribution >= 4 is 0 Å². The molecule has 0 bridgehead atoms. The van der Waals surface area contributed by atoms with Crippen molar-refractivity contribution in [3.05, 3.63) is 210 Å². The first kappa shape index (κ1) is 29.1. The van der Waals surface area contributed by atoms with E-state index >= 15 is 0 Å². The molecule has 0 radical (unpaired) electrons. The van der Waals surface area contributed by atoms with Gasteiger partial charge < -0.3 is 0 Å². The average molecular weight is 647 g/mol. The number of rotatable bonds is 4. The molecule has 236 valence electrons. The topological polar surface area (TPSA) is 36.7 Å². The van der Waals surface area contributed by atoms with Crippen molar-refractivity contribution in [2.45, 2.75) is 5.41 Å². The van der Waals surface area contributed by atoms with Crippen molar-refractivity contribution in [2.75, 3.05) is 0 Å². The van der Waals surface area contributed by atoms with Crippen LogP contribution >= 0.6 is 0 Å². The third-order valence-electron chi connectivity index (χ3n) is 10.8. The highest BCUT2D eigenvalue weighted by Gasteiger charge is 2.53. The number of nitriles is 1. The van der Waals surface area contributed by atoms with E-state index in [0.29, 0.717) is 5.56 Å². The molecule has 2 nitrogen and oxygen atoms in total. The quantitative estimate of drug-likeness (QED) is 0.191. The molecule has 0 unspecified atom stereocenters. The van der Waals surface area contributed by atoms with Crippen LogP contribution in [-0.4, -0.2) is 4.98 Å². The number of benzene rings is 7. The minimum atomic E-state index is -0.533. The second-order valence-electron chi connectivity index (χ2n) is 13.4. The molecule has 0 saturated heterocycles. The minimum absolute atomic E-state index is 0.533. The van der Waals surface area contributed by atoms with Gasteiger partial charge in [-0.25, -0.2) is 0 Å². The Kier molecular flexibility index (Phi) is 6.50. The Morgan fingerprint density at radius 2 is 0.843 bits per heavy atom. The van der Waals surface area contributed by atoms with E-state index in [2.05, 4.69) is 152 Å². The van der Waals surface area contributed by atoms with E-state index in [-0.39, 0.29) is 0 Å². The number of fused-ring (bicyclic) bond motifs is 10. The summed E-state index contributed by atoms with van der Waals surface area (Å²) in [6.45, 7) is 0. The van der Waals surface area contributed by atoms with Gasteiger partial charge in [0.15, 0.2) is 0 Å². The fraction of sp³-hybridized carbons (Fsp3) is 0.0204. The molecule has 0 N–H and O–H groups in total. The Morgan fingerprint density at radius 3 is 1.39 bits per heavy atom. The molecule has 0 atom stereocenters. The van der Waals surface area contributed by atoms with Crippen molar-refractivity contribution in [1.29, 1.82) is 5.26 Å². The molecule has 0 amide bonds. The molecule has 2 aliphatic rings. The maximum absolute atomic E-state index is 9.58. The highest BCUT2D eigenvalue weighted by atomic mass is 14.7. The van der Waals surface area contributed by atoms with Crippen LogP contribution in [0.25, 0.3) is 66.9 Å². The van der Waals surface area contributed by atoms with Crippen LogP contribution in [0.3, 0.4) is 0 Å². The highest BCUT2D eigenvalue weighted by molar-refractivity contribution is 6.01. The van der Waals surface area contributed by atoms with Gasteiger partial charge >= 0.3 is 0 Å². The zero-order chi connectivity index (χ0) is 33.9. The molecule has 2 aliphatic carbocycles. The van der Waals surface area contributed by atoms with Crippen LogP contribution in [-0.2, 0) is 5.41 Å². The van der Waals surface area contributed by atoms with Gasteiger partial charge in [0.1, 0.15) is 0 Å². The highest BCUT2D eigenvalue weighted by Crippen LogP contribution is 2.66. The fourth-order valence-electron chi connectivity index (χ4n) is 8.65. The second-order valence-corrected chi connectivity index (χ2v) is 13.4. The molecule has 1 aromatic heterocycles. The zero-order valence-electron chi connectivity index (χ0n) is 27.7. The first-order chi connectivity index (χ1) is 25.3. The molecule has 7 aromatic carbocycles. The monoisotopic (exact) mass is 646 g/mol. The molecule has 0 saturated carbocycles. The third kappa shape index (κ3) is 4.26. The summed E-state index contributed by atoms with van der Waals surface area (Å²) in [5, 5.41) is 9.58. The molecule has 0 aliphatic heterocycles. The maximum atomic E-state index is 9.58. The van der Waals surface area contributed by atoms with Gasteiger partial charge in [0, 0.05) is 17.3 Å². The van der Waals surface area contributed by atoms with Crippen molar-refractivity contribution in [3.63, 3.8) is 0 Å². The maximum Gasteiger partial charge on any atom is 0.0991 e. The van der Waals surface area contributed by atoms with Gasteiger partial charge in [0.2, 0.25) is 0 Å². The third-order valence-corrected chi connectivity index (χ3v) is 10.8. The second kappa shape index (κ2) is 11.4. The summed E-state index contributed by atoms with van der Waals surface area (Å²) >= 11 is 0. The molecule has 51 heavy (non-hydrogen) atoms. The van der Waals surface area contributed by atoms with Gasteiger partial charge in [-0.2, -0.15) is 5.26 Å². The van der Waals surface area contributed by atoms with Crippen LogP contribution in [0.5, 0.6) is 0 Å². The van der Waals surface area contributed by atoms with Gasteiger partial charge in [0.05, 0.1) is 22.7 Å².